The van der Waals surface area contributed by atoms with Crippen molar-refractivity contribution in [2.75, 3.05) is 5.75 Å². The predicted octanol–water partition coefficient (Wildman–Crippen LogP) is 5.08. The Morgan fingerprint density at radius 1 is 1.11 bits per heavy atom. The Hall–Kier alpha value is -0.730. The number of allylic oxidation sites excluding steroid dienone is 1. The molecule has 2 N–H and O–H groups in total. The molecule has 0 saturated heterocycles. The van der Waals surface area contributed by atoms with Crippen molar-refractivity contribution in [2.24, 2.45) is 5.73 Å². The maximum atomic E-state index is 6.44. The number of rotatable bonds is 4. The minimum absolute atomic E-state index is 0.0961. The normalized spacial score (nSPS) is 21.1. The highest BCUT2D eigenvalue weighted by molar-refractivity contribution is 7.99. The van der Waals surface area contributed by atoms with Crippen LogP contribution < -0.4 is 5.73 Å². The quantitative estimate of drug-likeness (QED) is 0.612. The molecule has 1 atom stereocenters. The molecule has 0 aliphatic heterocycles. The molecular weight excluding hydrogens is 250 g/mol. The van der Waals surface area contributed by atoms with Crippen molar-refractivity contribution >= 4 is 11.8 Å². The Morgan fingerprint density at radius 3 is 2.58 bits per heavy atom. The van der Waals surface area contributed by atoms with Gasteiger partial charge in [0.1, 0.15) is 0 Å². The Balaban J connectivity index is 2.06. The lowest BCUT2D eigenvalue weighted by atomic mass is 9.91. The van der Waals surface area contributed by atoms with Crippen molar-refractivity contribution in [3.8, 4) is 0 Å². The van der Waals surface area contributed by atoms with Crippen molar-refractivity contribution in [1.29, 1.82) is 0 Å². The van der Waals surface area contributed by atoms with Crippen LogP contribution in [-0.2, 0) is 0 Å². The van der Waals surface area contributed by atoms with E-state index in [2.05, 4.69) is 37.3 Å². The van der Waals surface area contributed by atoms with Crippen LogP contribution in [0.15, 0.2) is 40.8 Å². The molecule has 0 saturated carbocycles. The summed E-state index contributed by atoms with van der Waals surface area (Å²) in [5.74, 6) is 1.12. The van der Waals surface area contributed by atoms with Gasteiger partial charge in [0.05, 0.1) is 6.04 Å². The van der Waals surface area contributed by atoms with E-state index in [0.29, 0.717) is 0 Å². The summed E-state index contributed by atoms with van der Waals surface area (Å²) in [6.45, 7) is 2.18. The first-order chi connectivity index (χ1) is 9.31. The van der Waals surface area contributed by atoms with E-state index in [1.165, 1.54) is 54.6 Å². The average Bonchev–Trinajstić information content (AvgIpc) is 2.39. The fraction of sp³-hybridized carbons (Fsp3) is 0.529. The third kappa shape index (κ3) is 4.39. The van der Waals surface area contributed by atoms with E-state index in [4.69, 9.17) is 5.73 Å². The van der Waals surface area contributed by atoms with Gasteiger partial charge in [0.25, 0.3) is 0 Å². The van der Waals surface area contributed by atoms with Gasteiger partial charge in [0.2, 0.25) is 0 Å². The monoisotopic (exact) mass is 275 g/mol. The van der Waals surface area contributed by atoms with Gasteiger partial charge in [-0.1, -0.05) is 43.5 Å². The van der Waals surface area contributed by atoms with E-state index in [1.807, 2.05) is 11.8 Å². The minimum Gasteiger partial charge on any atom is -0.321 e. The lowest BCUT2D eigenvalue weighted by molar-refractivity contribution is 0.602. The zero-order valence-electron chi connectivity index (χ0n) is 11.9. The molecule has 0 radical (unpaired) electrons. The summed E-state index contributed by atoms with van der Waals surface area (Å²) in [6, 6.07) is 8.89. The van der Waals surface area contributed by atoms with Crippen LogP contribution in [0.25, 0.3) is 0 Å². The molecule has 1 aliphatic carbocycles. The zero-order chi connectivity index (χ0) is 13.5. The fourth-order valence-electron chi connectivity index (χ4n) is 2.65. The van der Waals surface area contributed by atoms with Gasteiger partial charge in [-0.2, -0.15) is 0 Å². The zero-order valence-corrected chi connectivity index (χ0v) is 12.7. The van der Waals surface area contributed by atoms with E-state index in [9.17, 15) is 0 Å². The second-order valence-corrected chi connectivity index (χ2v) is 6.55. The standard InChI is InChI=1S/C17H25NS/c1-2-19-16-12-10-15(11-13-16)17(18)14-8-6-4-3-5-7-9-14/h8,10-13,17H,2-7,9,18H2,1H3/b14-8+. The summed E-state index contributed by atoms with van der Waals surface area (Å²) in [5.41, 5.74) is 9.14. The smallest absolute Gasteiger partial charge is 0.0510 e. The third-order valence-corrected chi connectivity index (χ3v) is 4.67. The number of thioether (sulfide) groups is 1. The number of hydrogen-bond acceptors (Lipinski definition) is 2. The summed E-state index contributed by atoms with van der Waals surface area (Å²) in [7, 11) is 0. The summed E-state index contributed by atoms with van der Waals surface area (Å²) in [4.78, 5) is 1.34. The van der Waals surface area contributed by atoms with Gasteiger partial charge in [0, 0.05) is 4.90 Å². The lowest BCUT2D eigenvalue weighted by Crippen LogP contribution is -2.14. The lowest BCUT2D eigenvalue weighted by Gasteiger charge is -2.19. The van der Waals surface area contributed by atoms with Gasteiger partial charge in [-0.3, -0.25) is 0 Å². The molecule has 1 nitrogen and oxygen atoms in total. The van der Waals surface area contributed by atoms with E-state index < -0.39 is 0 Å². The van der Waals surface area contributed by atoms with Gasteiger partial charge in [-0.05, 0) is 49.1 Å². The summed E-state index contributed by atoms with van der Waals surface area (Å²) in [5, 5.41) is 0. The molecule has 19 heavy (non-hydrogen) atoms. The van der Waals surface area contributed by atoms with Crippen LogP contribution in [0.2, 0.25) is 0 Å². The van der Waals surface area contributed by atoms with Crippen molar-refractivity contribution in [1.82, 2.24) is 0 Å². The molecule has 1 aliphatic rings. The first-order valence-corrected chi connectivity index (χ1v) is 8.47. The Bertz CT molecular complexity index is 408. The topological polar surface area (TPSA) is 26.0 Å². The van der Waals surface area contributed by atoms with Crippen LogP contribution in [0.5, 0.6) is 0 Å². The highest BCUT2D eigenvalue weighted by Crippen LogP contribution is 2.28. The Labute approximate surface area is 121 Å². The molecule has 0 heterocycles. The maximum Gasteiger partial charge on any atom is 0.0510 e. The average molecular weight is 275 g/mol. The van der Waals surface area contributed by atoms with Crippen LogP contribution in [0, 0.1) is 0 Å². The number of benzene rings is 1. The fourth-order valence-corrected chi connectivity index (χ4v) is 3.31. The first-order valence-electron chi connectivity index (χ1n) is 7.48. The number of hydrogen-bond donors (Lipinski definition) is 1. The van der Waals surface area contributed by atoms with Gasteiger partial charge in [0.15, 0.2) is 0 Å². The van der Waals surface area contributed by atoms with Crippen molar-refractivity contribution in [3.63, 3.8) is 0 Å². The molecule has 2 heteroatoms. The molecule has 1 aromatic rings. The highest BCUT2D eigenvalue weighted by Gasteiger charge is 2.12. The van der Waals surface area contributed by atoms with Gasteiger partial charge >= 0.3 is 0 Å². The molecular formula is C17H25NS. The molecule has 0 spiro atoms. The highest BCUT2D eigenvalue weighted by atomic mass is 32.2. The van der Waals surface area contributed by atoms with Crippen molar-refractivity contribution in [3.05, 3.63) is 41.5 Å². The van der Waals surface area contributed by atoms with Crippen molar-refractivity contribution in [2.45, 2.75) is 56.4 Å². The molecule has 1 aromatic carbocycles. The molecule has 0 aromatic heterocycles. The van der Waals surface area contributed by atoms with Gasteiger partial charge in [-0.25, -0.2) is 0 Å². The molecule has 1 unspecified atom stereocenters. The molecule has 0 amide bonds. The Kier molecular flexibility index (Phi) is 5.99. The van der Waals surface area contributed by atoms with Crippen LogP contribution in [-0.4, -0.2) is 5.75 Å². The van der Waals surface area contributed by atoms with Gasteiger partial charge < -0.3 is 5.73 Å². The summed E-state index contributed by atoms with van der Waals surface area (Å²) in [6.07, 6.45) is 10.1. The second kappa shape index (κ2) is 7.76. The minimum atomic E-state index is 0.0961. The number of nitrogens with two attached hydrogens (primary N) is 1. The van der Waals surface area contributed by atoms with Crippen LogP contribution in [0.4, 0.5) is 0 Å². The van der Waals surface area contributed by atoms with E-state index in [-0.39, 0.29) is 6.04 Å². The van der Waals surface area contributed by atoms with Crippen LogP contribution in [0.3, 0.4) is 0 Å². The van der Waals surface area contributed by atoms with E-state index in [1.54, 1.807) is 0 Å². The van der Waals surface area contributed by atoms with E-state index >= 15 is 0 Å². The summed E-state index contributed by atoms with van der Waals surface area (Å²) < 4.78 is 0. The van der Waals surface area contributed by atoms with Crippen LogP contribution >= 0.6 is 11.8 Å². The van der Waals surface area contributed by atoms with Crippen molar-refractivity contribution < 1.29 is 0 Å². The predicted molar refractivity (Wildman–Crippen MR) is 85.6 cm³/mol. The molecule has 104 valence electrons. The Morgan fingerprint density at radius 2 is 1.84 bits per heavy atom. The molecule has 0 bridgehead atoms. The third-order valence-electron chi connectivity index (χ3n) is 3.78. The maximum absolute atomic E-state index is 6.44. The summed E-state index contributed by atoms with van der Waals surface area (Å²) >= 11 is 1.88. The van der Waals surface area contributed by atoms with Crippen LogP contribution in [0.1, 0.15) is 57.1 Å². The largest absolute Gasteiger partial charge is 0.321 e. The SMILES string of the molecule is CCSc1ccc(C(N)/C2=C/CCCCCC2)cc1. The first kappa shape index (κ1) is 14.7. The van der Waals surface area contributed by atoms with E-state index in [0.717, 1.165) is 5.75 Å². The second-order valence-electron chi connectivity index (χ2n) is 5.21. The molecule has 0 fully saturated rings. The van der Waals surface area contributed by atoms with Gasteiger partial charge in [-0.15, -0.1) is 11.8 Å². The molecule has 2 rings (SSSR count).